The van der Waals surface area contributed by atoms with Crippen LogP contribution in [0.4, 0.5) is 0 Å². The summed E-state index contributed by atoms with van der Waals surface area (Å²) in [4.78, 5) is 10.6. The van der Waals surface area contributed by atoms with Crippen molar-refractivity contribution in [3.8, 4) is 0 Å². The molecule has 0 spiro atoms. The predicted octanol–water partition coefficient (Wildman–Crippen LogP) is 5.17. The molecule has 0 saturated heterocycles. The fourth-order valence-electron chi connectivity index (χ4n) is 1.55. The molecule has 0 saturated carbocycles. The summed E-state index contributed by atoms with van der Waals surface area (Å²) in [6, 6.07) is 15.4. The van der Waals surface area contributed by atoms with Crippen LogP contribution in [0, 0.1) is 6.92 Å². The molecule has 0 aliphatic heterocycles. The Balaban J connectivity index is 0.000000240. The SMILES string of the molecule is Cc1ccccc1.O=C(O)c1ccc(CBr)c(CBr)c1. The molecule has 1 N–H and O–H groups in total. The Morgan fingerprint density at radius 3 is 2.00 bits per heavy atom. The normalized spacial score (nSPS) is 9.55. The van der Waals surface area contributed by atoms with Gasteiger partial charge in [-0.3, -0.25) is 0 Å². The number of rotatable bonds is 3. The Morgan fingerprint density at radius 1 is 1.00 bits per heavy atom. The number of aromatic carboxylic acids is 1. The van der Waals surface area contributed by atoms with E-state index in [9.17, 15) is 4.79 Å². The minimum Gasteiger partial charge on any atom is -0.478 e. The second-order valence-electron chi connectivity index (χ2n) is 4.21. The number of carbonyl (C=O) groups is 1. The van der Waals surface area contributed by atoms with Crippen molar-refractivity contribution in [2.75, 3.05) is 0 Å². The molecule has 0 fully saturated rings. The first-order valence-corrected chi connectivity index (χ1v) is 8.31. The summed E-state index contributed by atoms with van der Waals surface area (Å²) >= 11 is 6.66. The fraction of sp³-hybridized carbons (Fsp3) is 0.188. The Hall–Kier alpha value is -1.13. The molecule has 2 aromatic carbocycles. The van der Waals surface area contributed by atoms with E-state index in [-0.39, 0.29) is 0 Å². The van der Waals surface area contributed by atoms with Gasteiger partial charge in [0.05, 0.1) is 5.56 Å². The average molecular weight is 400 g/mol. The Bertz CT molecular complexity index is 554. The highest BCUT2D eigenvalue weighted by Gasteiger charge is 2.06. The molecule has 4 heteroatoms. The maximum Gasteiger partial charge on any atom is 0.335 e. The molecule has 0 radical (unpaired) electrons. The van der Waals surface area contributed by atoms with Gasteiger partial charge < -0.3 is 5.11 Å². The monoisotopic (exact) mass is 398 g/mol. The van der Waals surface area contributed by atoms with Crippen molar-refractivity contribution in [2.45, 2.75) is 17.6 Å². The molecule has 0 unspecified atom stereocenters. The van der Waals surface area contributed by atoms with Crippen LogP contribution in [-0.4, -0.2) is 11.1 Å². The Kier molecular flexibility index (Phi) is 7.55. The van der Waals surface area contributed by atoms with Crippen LogP contribution in [0.5, 0.6) is 0 Å². The van der Waals surface area contributed by atoms with Crippen LogP contribution in [0.2, 0.25) is 0 Å². The number of aryl methyl sites for hydroxylation is 1. The summed E-state index contributed by atoms with van der Waals surface area (Å²) in [5.41, 5.74) is 3.78. The third kappa shape index (κ3) is 5.47. The van der Waals surface area contributed by atoms with E-state index in [0.717, 1.165) is 16.5 Å². The minimum atomic E-state index is -0.886. The number of halogens is 2. The van der Waals surface area contributed by atoms with Gasteiger partial charge >= 0.3 is 5.97 Å². The predicted molar refractivity (Wildman–Crippen MR) is 89.8 cm³/mol. The van der Waals surface area contributed by atoms with Gasteiger partial charge in [-0.2, -0.15) is 0 Å². The number of hydrogen-bond acceptors (Lipinski definition) is 1. The summed E-state index contributed by atoms with van der Waals surface area (Å²) in [5, 5.41) is 10.2. The zero-order valence-electron chi connectivity index (χ0n) is 11.1. The molecule has 0 amide bonds. The highest BCUT2D eigenvalue weighted by molar-refractivity contribution is 9.09. The van der Waals surface area contributed by atoms with Crippen molar-refractivity contribution in [1.29, 1.82) is 0 Å². The van der Waals surface area contributed by atoms with E-state index in [4.69, 9.17) is 5.11 Å². The maximum atomic E-state index is 10.6. The van der Waals surface area contributed by atoms with Gasteiger partial charge in [0.15, 0.2) is 0 Å². The van der Waals surface area contributed by atoms with Gasteiger partial charge in [-0.25, -0.2) is 4.79 Å². The van der Waals surface area contributed by atoms with Crippen molar-refractivity contribution in [1.82, 2.24) is 0 Å². The lowest BCUT2D eigenvalue weighted by Gasteiger charge is -2.04. The van der Waals surface area contributed by atoms with Gasteiger partial charge in [-0.15, -0.1) is 0 Å². The van der Waals surface area contributed by atoms with Gasteiger partial charge in [0.25, 0.3) is 0 Å². The molecule has 106 valence electrons. The zero-order valence-corrected chi connectivity index (χ0v) is 14.3. The summed E-state index contributed by atoms with van der Waals surface area (Å²) < 4.78 is 0. The van der Waals surface area contributed by atoms with Crippen molar-refractivity contribution < 1.29 is 9.90 Å². The third-order valence-corrected chi connectivity index (χ3v) is 3.89. The molecule has 2 rings (SSSR count). The van der Waals surface area contributed by atoms with Gasteiger partial charge in [-0.05, 0) is 30.2 Å². The molecule has 0 aromatic heterocycles. The number of alkyl halides is 2. The quantitative estimate of drug-likeness (QED) is 0.722. The Morgan fingerprint density at radius 2 is 1.60 bits per heavy atom. The molecule has 0 heterocycles. The fourth-order valence-corrected chi connectivity index (χ4v) is 2.62. The summed E-state index contributed by atoms with van der Waals surface area (Å²) in [6.45, 7) is 2.08. The molecule has 2 nitrogen and oxygen atoms in total. The van der Waals surface area contributed by atoms with Crippen LogP contribution in [0.1, 0.15) is 27.0 Å². The first-order valence-electron chi connectivity index (χ1n) is 6.07. The first kappa shape index (κ1) is 16.9. The van der Waals surface area contributed by atoms with Gasteiger partial charge in [0.1, 0.15) is 0 Å². The molecule has 0 aliphatic carbocycles. The lowest BCUT2D eigenvalue weighted by atomic mass is 10.1. The summed E-state index contributed by atoms with van der Waals surface area (Å²) in [7, 11) is 0. The molecule has 0 bridgehead atoms. The van der Waals surface area contributed by atoms with Gasteiger partial charge in [-0.1, -0.05) is 73.8 Å². The van der Waals surface area contributed by atoms with Crippen molar-refractivity contribution >= 4 is 37.8 Å². The molecular weight excluding hydrogens is 384 g/mol. The zero-order chi connectivity index (χ0) is 15.0. The van der Waals surface area contributed by atoms with Crippen molar-refractivity contribution in [3.05, 3.63) is 70.8 Å². The smallest absolute Gasteiger partial charge is 0.335 e. The maximum absolute atomic E-state index is 10.6. The number of carboxylic acids is 1. The van der Waals surface area contributed by atoms with E-state index in [1.54, 1.807) is 12.1 Å². The van der Waals surface area contributed by atoms with E-state index in [0.29, 0.717) is 10.9 Å². The van der Waals surface area contributed by atoms with Crippen LogP contribution in [-0.2, 0) is 10.7 Å². The van der Waals surface area contributed by atoms with E-state index < -0.39 is 5.97 Å². The first-order chi connectivity index (χ1) is 9.58. The topological polar surface area (TPSA) is 37.3 Å². The highest BCUT2D eigenvalue weighted by atomic mass is 79.9. The molecule has 0 atom stereocenters. The second-order valence-corrected chi connectivity index (χ2v) is 5.33. The molecule has 2 aromatic rings. The van der Waals surface area contributed by atoms with E-state index >= 15 is 0 Å². The van der Waals surface area contributed by atoms with Crippen LogP contribution >= 0.6 is 31.9 Å². The average Bonchev–Trinajstić information content (AvgIpc) is 2.47. The van der Waals surface area contributed by atoms with Gasteiger partial charge in [0.2, 0.25) is 0 Å². The van der Waals surface area contributed by atoms with Crippen molar-refractivity contribution in [3.63, 3.8) is 0 Å². The third-order valence-electron chi connectivity index (χ3n) is 2.68. The highest BCUT2D eigenvalue weighted by Crippen LogP contribution is 2.17. The number of hydrogen-bond donors (Lipinski definition) is 1. The van der Waals surface area contributed by atoms with E-state index in [2.05, 4.69) is 50.9 Å². The van der Waals surface area contributed by atoms with Crippen LogP contribution < -0.4 is 0 Å². The lowest BCUT2D eigenvalue weighted by molar-refractivity contribution is 0.0697. The standard InChI is InChI=1S/C9H8Br2O2.C7H8/c10-4-7-2-1-6(9(12)13)3-8(7)5-11;1-7-5-3-2-4-6-7/h1-3H,4-5H2,(H,12,13);2-6H,1H3. The van der Waals surface area contributed by atoms with Crippen LogP contribution in [0.15, 0.2) is 48.5 Å². The van der Waals surface area contributed by atoms with Crippen molar-refractivity contribution in [2.24, 2.45) is 0 Å². The van der Waals surface area contributed by atoms with Crippen LogP contribution in [0.3, 0.4) is 0 Å². The van der Waals surface area contributed by atoms with Crippen LogP contribution in [0.25, 0.3) is 0 Å². The lowest BCUT2D eigenvalue weighted by Crippen LogP contribution is -1.98. The number of benzene rings is 2. The molecular formula is C16H16Br2O2. The van der Waals surface area contributed by atoms with Gasteiger partial charge in [0, 0.05) is 10.7 Å². The van der Waals surface area contributed by atoms with E-state index in [1.165, 1.54) is 5.56 Å². The summed E-state index contributed by atoms with van der Waals surface area (Å²) in [5.74, 6) is -0.886. The minimum absolute atomic E-state index is 0.333. The molecule has 0 aliphatic rings. The van der Waals surface area contributed by atoms with E-state index in [1.807, 2.05) is 24.3 Å². The molecule has 20 heavy (non-hydrogen) atoms. The second kappa shape index (κ2) is 8.93. The largest absolute Gasteiger partial charge is 0.478 e. The summed E-state index contributed by atoms with van der Waals surface area (Å²) in [6.07, 6.45) is 0. The number of carboxylic acid groups (broad SMARTS) is 1. The Labute approximate surface area is 136 Å².